The molecular formula is C24H26F2N6O. The molecule has 33 heavy (non-hydrogen) atoms. The molecule has 4 aromatic rings. The number of hydrogen-bond donors (Lipinski definition) is 3. The summed E-state index contributed by atoms with van der Waals surface area (Å²) in [5, 5.41) is 16.1. The van der Waals surface area contributed by atoms with Crippen molar-refractivity contribution in [3.63, 3.8) is 0 Å². The third kappa shape index (κ3) is 4.78. The summed E-state index contributed by atoms with van der Waals surface area (Å²) in [5.74, 6) is 0.113. The molecule has 9 heteroatoms. The van der Waals surface area contributed by atoms with Gasteiger partial charge in [-0.25, -0.2) is 18.7 Å². The number of para-hydroxylation sites is 1. The van der Waals surface area contributed by atoms with E-state index in [4.69, 9.17) is 0 Å². The number of aliphatic hydroxyl groups is 1. The first-order valence-electron chi connectivity index (χ1n) is 10.5. The van der Waals surface area contributed by atoms with Crippen molar-refractivity contribution in [1.82, 2.24) is 19.5 Å². The topological polar surface area (TPSA) is 87.9 Å². The number of aliphatic hydroxyl groups excluding tert-OH is 1. The number of halogens is 2. The SMILES string of the molecule is C.OC1CCC(n2c(Nc3ccccc3F)nc3cnc(Nc4ccc(F)cc4)nc32)CC1. The van der Waals surface area contributed by atoms with Crippen molar-refractivity contribution in [3.8, 4) is 0 Å². The number of anilines is 4. The zero-order chi connectivity index (χ0) is 22.1. The van der Waals surface area contributed by atoms with Gasteiger partial charge < -0.3 is 15.7 Å². The van der Waals surface area contributed by atoms with Crippen LogP contribution < -0.4 is 10.6 Å². The molecule has 0 bridgehead atoms. The summed E-state index contributed by atoms with van der Waals surface area (Å²) in [4.78, 5) is 13.6. The van der Waals surface area contributed by atoms with E-state index >= 15 is 0 Å². The molecule has 172 valence electrons. The van der Waals surface area contributed by atoms with Gasteiger partial charge in [0.1, 0.15) is 17.2 Å². The fourth-order valence-corrected chi connectivity index (χ4v) is 4.05. The highest BCUT2D eigenvalue weighted by atomic mass is 19.1. The molecule has 0 radical (unpaired) electrons. The number of nitrogens with one attached hydrogen (secondary N) is 2. The Kier molecular flexibility index (Phi) is 6.50. The Hall–Kier alpha value is -3.59. The van der Waals surface area contributed by atoms with Gasteiger partial charge in [-0.15, -0.1) is 0 Å². The standard InChI is InChI=1S/C23H22F2N6O.CH4/c24-14-5-7-15(8-6-14)27-22-26-13-20-21(30-22)31(16-9-11-17(32)12-10-16)23(29-20)28-19-4-2-1-3-18(19)25;/h1-8,13,16-17,32H,9-12H2,(H,28,29)(H,26,27,30);1H4. The Morgan fingerprint density at radius 3 is 2.36 bits per heavy atom. The average Bonchev–Trinajstić information content (AvgIpc) is 3.15. The maximum atomic E-state index is 14.3. The molecule has 0 amide bonds. The molecule has 2 aromatic heterocycles. The lowest BCUT2D eigenvalue weighted by atomic mass is 9.93. The minimum absolute atomic E-state index is 0. The van der Waals surface area contributed by atoms with Crippen molar-refractivity contribution in [1.29, 1.82) is 0 Å². The first kappa shape index (κ1) is 22.6. The molecule has 0 unspecified atom stereocenters. The normalized spacial score (nSPS) is 18.0. The monoisotopic (exact) mass is 452 g/mol. The van der Waals surface area contributed by atoms with E-state index in [1.807, 2.05) is 4.57 Å². The fraction of sp³-hybridized carbons (Fsp3) is 0.292. The van der Waals surface area contributed by atoms with E-state index in [-0.39, 0.29) is 31.2 Å². The second-order valence-electron chi connectivity index (χ2n) is 7.91. The summed E-state index contributed by atoms with van der Waals surface area (Å²) in [6, 6.07) is 12.4. The first-order valence-corrected chi connectivity index (χ1v) is 10.5. The maximum Gasteiger partial charge on any atom is 0.229 e. The van der Waals surface area contributed by atoms with Crippen LogP contribution in [0.15, 0.2) is 54.7 Å². The van der Waals surface area contributed by atoms with Gasteiger partial charge in [0.2, 0.25) is 11.9 Å². The van der Waals surface area contributed by atoms with Gasteiger partial charge in [-0.05, 0) is 62.1 Å². The van der Waals surface area contributed by atoms with Crippen molar-refractivity contribution < 1.29 is 13.9 Å². The summed E-state index contributed by atoms with van der Waals surface area (Å²) >= 11 is 0. The summed E-state index contributed by atoms with van der Waals surface area (Å²) < 4.78 is 29.5. The Bertz CT molecular complexity index is 1240. The van der Waals surface area contributed by atoms with Gasteiger partial charge in [0.15, 0.2) is 5.65 Å². The number of fused-ring (bicyclic) bond motifs is 1. The lowest BCUT2D eigenvalue weighted by Crippen LogP contribution is -2.22. The molecular weight excluding hydrogens is 426 g/mol. The molecule has 0 atom stereocenters. The van der Waals surface area contributed by atoms with Crippen LogP contribution in [0.1, 0.15) is 39.2 Å². The molecule has 0 spiro atoms. The van der Waals surface area contributed by atoms with E-state index in [9.17, 15) is 13.9 Å². The van der Waals surface area contributed by atoms with Crippen molar-refractivity contribution in [2.75, 3.05) is 10.6 Å². The zero-order valence-corrected chi connectivity index (χ0v) is 17.2. The molecule has 0 aliphatic heterocycles. The summed E-state index contributed by atoms with van der Waals surface area (Å²) in [6.45, 7) is 0. The van der Waals surface area contributed by atoms with Gasteiger partial charge in [0.05, 0.1) is 18.0 Å². The Morgan fingerprint density at radius 2 is 1.64 bits per heavy atom. The second-order valence-corrected chi connectivity index (χ2v) is 7.91. The number of nitrogens with zero attached hydrogens (tertiary/aromatic N) is 4. The lowest BCUT2D eigenvalue weighted by Gasteiger charge is -2.28. The number of rotatable bonds is 5. The highest BCUT2D eigenvalue weighted by molar-refractivity contribution is 5.77. The number of aromatic nitrogens is 4. The molecule has 5 rings (SSSR count). The van der Waals surface area contributed by atoms with Crippen LogP contribution in [0, 0.1) is 11.6 Å². The van der Waals surface area contributed by atoms with E-state index < -0.39 is 0 Å². The molecule has 1 saturated carbocycles. The van der Waals surface area contributed by atoms with E-state index in [0.717, 1.165) is 12.8 Å². The van der Waals surface area contributed by atoms with Crippen molar-refractivity contribution in [2.24, 2.45) is 0 Å². The molecule has 0 saturated heterocycles. The van der Waals surface area contributed by atoms with Gasteiger partial charge in [-0.2, -0.15) is 4.98 Å². The molecule has 1 aliphatic rings. The molecule has 7 nitrogen and oxygen atoms in total. The number of imidazole rings is 1. The zero-order valence-electron chi connectivity index (χ0n) is 17.2. The van der Waals surface area contributed by atoms with Crippen molar-refractivity contribution in [2.45, 2.75) is 45.3 Å². The second kappa shape index (κ2) is 9.50. The lowest BCUT2D eigenvalue weighted by molar-refractivity contribution is 0.112. The number of hydrogen-bond acceptors (Lipinski definition) is 6. The van der Waals surface area contributed by atoms with Crippen LogP contribution in [0.4, 0.5) is 32.1 Å². The predicted octanol–water partition coefficient (Wildman–Crippen LogP) is 5.70. The molecule has 1 fully saturated rings. The largest absolute Gasteiger partial charge is 0.393 e. The van der Waals surface area contributed by atoms with Crippen LogP contribution in [-0.2, 0) is 0 Å². The van der Waals surface area contributed by atoms with Crippen LogP contribution in [0.3, 0.4) is 0 Å². The van der Waals surface area contributed by atoms with Crippen LogP contribution in [-0.4, -0.2) is 30.7 Å². The van der Waals surface area contributed by atoms with Crippen molar-refractivity contribution >= 4 is 34.4 Å². The minimum Gasteiger partial charge on any atom is -0.393 e. The molecule has 2 aromatic carbocycles. The summed E-state index contributed by atoms with van der Waals surface area (Å²) in [6.07, 6.45) is 4.15. The van der Waals surface area contributed by atoms with Gasteiger partial charge in [-0.1, -0.05) is 19.6 Å². The highest BCUT2D eigenvalue weighted by Crippen LogP contribution is 2.35. The Labute approximate surface area is 190 Å². The Balaban J connectivity index is 0.00000259. The van der Waals surface area contributed by atoms with E-state index in [1.165, 1.54) is 18.2 Å². The van der Waals surface area contributed by atoms with E-state index in [0.29, 0.717) is 47.3 Å². The smallest absolute Gasteiger partial charge is 0.229 e. The van der Waals surface area contributed by atoms with Crippen LogP contribution in [0.2, 0.25) is 0 Å². The van der Waals surface area contributed by atoms with Gasteiger partial charge in [0.25, 0.3) is 0 Å². The maximum absolute atomic E-state index is 14.3. The minimum atomic E-state index is -0.380. The van der Waals surface area contributed by atoms with Crippen LogP contribution in [0.5, 0.6) is 0 Å². The average molecular weight is 453 g/mol. The fourth-order valence-electron chi connectivity index (χ4n) is 4.05. The first-order chi connectivity index (χ1) is 15.6. The van der Waals surface area contributed by atoms with Gasteiger partial charge in [-0.3, -0.25) is 4.57 Å². The summed E-state index contributed by atoms with van der Waals surface area (Å²) in [7, 11) is 0. The van der Waals surface area contributed by atoms with E-state index in [2.05, 4.69) is 25.6 Å². The van der Waals surface area contributed by atoms with Crippen LogP contribution in [0.25, 0.3) is 11.2 Å². The third-order valence-corrected chi connectivity index (χ3v) is 5.68. The van der Waals surface area contributed by atoms with Crippen LogP contribution >= 0.6 is 0 Å². The van der Waals surface area contributed by atoms with Gasteiger partial charge in [0, 0.05) is 11.7 Å². The number of benzene rings is 2. The summed E-state index contributed by atoms with van der Waals surface area (Å²) in [5.41, 5.74) is 2.14. The molecule has 2 heterocycles. The van der Waals surface area contributed by atoms with E-state index in [1.54, 1.807) is 36.5 Å². The predicted molar refractivity (Wildman–Crippen MR) is 125 cm³/mol. The third-order valence-electron chi connectivity index (χ3n) is 5.68. The Morgan fingerprint density at radius 1 is 0.909 bits per heavy atom. The quantitative estimate of drug-likeness (QED) is 0.360. The molecule has 1 aliphatic carbocycles. The highest BCUT2D eigenvalue weighted by Gasteiger charge is 2.26. The molecule has 3 N–H and O–H groups in total. The van der Waals surface area contributed by atoms with Crippen molar-refractivity contribution in [3.05, 3.63) is 66.4 Å². The van der Waals surface area contributed by atoms with Gasteiger partial charge >= 0.3 is 0 Å².